The van der Waals surface area contributed by atoms with Gasteiger partial charge in [-0.3, -0.25) is 4.79 Å². The Morgan fingerprint density at radius 2 is 1.61 bits per heavy atom. The van der Waals surface area contributed by atoms with Crippen molar-refractivity contribution in [1.82, 2.24) is 14.7 Å². The van der Waals surface area contributed by atoms with Gasteiger partial charge in [0.2, 0.25) is 0 Å². The Labute approximate surface area is 182 Å². The van der Waals surface area contributed by atoms with Gasteiger partial charge in [0.15, 0.2) is 0 Å². The van der Waals surface area contributed by atoms with E-state index in [1.54, 1.807) is 0 Å². The van der Waals surface area contributed by atoms with Gasteiger partial charge in [0.1, 0.15) is 5.69 Å². The molecule has 0 saturated carbocycles. The number of nitrogens with zero attached hydrogens (tertiary/aromatic N) is 3. The van der Waals surface area contributed by atoms with Crippen molar-refractivity contribution in [3.8, 4) is 16.9 Å². The minimum atomic E-state index is 0.0177. The molecule has 1 amide bonds. The smallest absolute Gasteiger partial charge is 0.272 e. The molecule has 5 rings (SSSR count). The van der Waals surface area contributed by atoms with E-state index in [4.69, 9.17) is 5.10 Å². The molecule has 0 unspecified atom stereocenters. The predicted molar refractivity (Wildman–Crippen MR) is 123 cm³/mol. The van der Waals surface area contributed by atoms with E-state index in [0.29, 0.717) is 18.8 Å². The summed E-state index contributed by atoms with van der Waals surface area (Å²) in [5, 5.41) is 4.87. The minimum absolute atomic E-state index is 0.0177. The van der Waals surface area contributed by atoms with Crippen molar-refractivity contribution in [3.63, 3.8) is 0 Å². The summed E-state index contributed by atoms with van der Waals surface area (Å²) in [6.45, 7) is 5.49. The summed E-state index contributed by atoms with van der Waals surface area (Å²) >= 11 is 0. The van der Waals surface area contributed by atoms with Crippen LogP contribution in [0, 0.1) is 13.8 Å². The van der Waals surface area contributed by atoms with Crippen LogP contribution in [0.25, 0.3) is 16.9 Å². The summed E-state index contributed by atoms with van der Waals surface area (Å²) in [5.74, 6) is 0.0177. The van der Waals surface area contributed by atoms with E-state index in [-0.39, 0.29) is 5.91 Å². The molecule has 2 heterocycles. The standard InChI is InChI=1S/C27H25N3O/c1-19-12-13-25(20(2)16-19)30-26(17-24(28-30)22-9-4-3-5-10-22)27(31)29-15-14-21-8-6-7-11-23(21)18-29/h3-13,16-17H,14-15,18H2,1-2H3. The van der Waals surface area contributed by atoms with Gasteiger partial charge in [-0.2, -0.15) is 5.10 Å². The number of benzene rings is 3. The Hall–Kier alpha value is -3.66. The summed E-state index contributed by atoms with van der Waals surface area (Å²) in [6.07, 6.45) is 0.880. The van der Waals surface area contributed by atoms with Gasteiger partial charge in [-0.05, 0) is 49.1 Å². The van der Waals surface area contributed by atoms with Crippen LogP contribution < -0.4 is 0 Å². The molecule has 1 aliphatic heterocycles. The highest BCUT2D eigenvalue weighted by molar-refractivity contribution is 5.94. The molecular weight excluding hydrogens is 382 g/mol. The highest BCUT2D eigenvalue weighted by atomic mass is 16.2. The third-order valence-corrected chi connectivity index (χ3v) is 6.00. The Morgan fingerprint density at radius 1 is 0.871 bits per heavy atom. The minimum Gasteiger partial charge on any atom is -0.333 e. The topological polar surface area (TPSA) is 38.1 Å². The zero-order chi connectivity index (χ0) is 21.4. The lowest BCUT2D eigenvalue weighted by Crippen LogP contribution is -2.37. The Balaban J connectivity index is 1.58. The molecule has 4 aromatic rings. The maximum atomic E-state index is 13.7. The lowest BCUT2D eigenvalue weighted by Gasteiger charge is -2.29. The molecule has 0 atom stereocenters. The van der Waals surface area contributed by atoms with Crippen molar-refractivity contribution >= 4 is 5.91 Å². The van der Waals surface area contributed by atoms with E-state index in [2.05, 4.69) is 50.2 Å². The number of rotatable bonds is 3. The first-order valence-corrected chi connectivity index (χ1v) is 10.7. The van der Waals surface area contributed by atoms with E-state index >= 15 is 0 Å². The van der Waals surface area contributed by atoms with Gasteiger partial charge in [-0.15, -0.1) is 0 Å². The Bertz CT molecular complexity index is 1260. The largest absolute Gasteiger partial charge is 0.333 e. The van der Waals surface area contributed by atoms with Gasteiger partial charge < -0.3 is 4.90 Å². The fraction of sp³-hybridized carbons (Fsp3) is 0.185. The third kappa shape index (κ3) is 3.66. The molecule has 3 aromatic carbocycles. The van der Waals surface area contributed by atoms with E-state index in [0.717, 1.165) is 28.9 Å². The number of fused-ring (bicyclic) bond motifs is 1. The van der Waals surface area contributed by atoms with Crippen LogP contribution in [-0.2, 0) is 13.0 Å². The Morgan fingerprint density at radius 3 is 2.39 bits per heavy atom. The summed E-state index contributed by atoms with van der Waals surface area (Å²) in [7, 11) is 0. The molecule has 0 fully saturated rings. The summed E-state index contributed by atoms with van der Waals surface area (Å²) < 4.78 is 1.82. The molecule has 31 heavy (non-hydrogen) atoms. The van der Waals surface area contributed by atoms with Crippen molar-refractivity contribution in [1.29, 1.82) is 0 Å². The molecule has 0 spiro atoms. The molecule has 0 bridgehead atoms. The van der Waals surface area contributed by atoms with Crippen LogP contribution >= 0.6 is 0 Å². The highest BCUT2D eigenvalue weighted by Crippen LogP contribution is 2.26. The summed E-state index contributed by atoms with van der Waals surface area (Å²) in [5.41, 5.74) is 8.20. The fourth-order valence-electron chi connectivity index (χ4n) is 4.34. The summed E-state index contributed by atoms with van der Waals surface area (Å²) in [4.78, 5) is 15.6. The molecule has 0 N–H and O–H groups in total. The van der Waals surface area contributed by atoms with Crippen LogP contribution in [-0.4, -0.2) is 27.1 Å². The maximum Gasteiger partial charge on any atom is 0.272 e. The number of aryl methyl sites for hydroxylation is 2. The Kier molecular flexibility index (Phi) is 4.91. The lowest BCUT2D eigenvalue weighted by molar-refractivity contribution is 0.0725. The monoisotopic (exact) mass is 407 g/mol. The van der Waals surface area contributed by atoms with Gasteiger partial charge in [-0.1, -0.05) is 72.3 Å². The van der Waals surface area contributed by atoms with Gasteiger partial charge in [0.25, 0.3) is 5.91 Å². The molecule has 0 saturated heterocycles. The van der Waals surface area contributed by atoms with Gasteiger partial charge in [0, 0.05) is 18.7 Å². The van der Waals surface area contributed by atoms with Crippen LogP contribution in [0.15, 0.2) is 78.9 Å². The first kappa shape index (κ1) is 19.3. The van der Waals surface area contributed by atoms with Gasteiger partial charge in [-0.25, -0.2) is 4.68 Å². The third-order valence-electron chi connectivity index (χ3n) is 6.00. The highest BCUT2D eigenvalue weighted by Gasteiger charge is 2.26. The fourth-order valence-corrected chi connectivity index (χ4v) is 4.34. The van der Waals surface area contributed by atoms with Crippen molar-refractivity contribution in [2.75, 3.05) is 6.54 Å². The SMILES string of the molecule is Cc1ccc(-n2nc(-c3ccccc3)cc2C(=O)N2CCc3ccccc3C2)c(C)c1. The van der Waals surface area contributed by atoms with Crippen molar-refractivity contribution < 1.29 is 4.79 Å². The van der Waals surface area contributed by atoms with Crippen molar-refractivity contribution in [2.45, 2.75) is 26.8 Å². The summed E-state index contributed by atoms with van der Waals surface area (Å²) in [6, 6.07) is 26.6. The molecule has 1 aliphatic rings. The van der Waals surface area contributed by atoms with Crippen LogP contribution in [0.5, 0.6) is 0 Å². The molecule has 154 valence electrons. The molecule has 0 radical (unpaired) electrons. The quantitative estimate of drug-likeness (QED) is 0.459. The second kappa shape index (κ2) is 7.88. The predicted octanol–water partition coefficient (Wildman–Crippen LogP) is 5.35. The average molecular weight is 408 g/mol. The van der Waals surface area contributed by atoms with Crippen LogP contribution in [0.2, 0.25) is 0 Å². The zero-order valence-corrected chi connectivity index (χ0v) is 17.9. The van der Waals surface area contributed by atoms with E-state index in [1.807, 2.05) is 52.0 Å². The number of hydrogen-bond acceptors (Lipinski definition) is 2. The second-order valence-corrected chi connectivity index (χ2v) is 8.23. The van der Waals surface area contributed by atoms with Crippen LogP contribution in [0.1, 0.15) is 32.7 Å². The number of carbonyl (C=O) groups is 1. The number of hydrogen-bond donors (Lipinski definition) is 0. The van der Waals surface area contributed by atoms with Gasteiger partial charge in [0.05, 0.1) is 11.4 Å². The average Bonchev–Trinajstić information content (AvgIpc) is 3.24. The number of amides is 1. The lowest BCUT2D eigenvalue weighted by atomic mass is 9.99. The number of carbonyl (C=O) groups excluding carboxylic acids is 1. The normalized spacial score (nSPS) is 13.2. The van der Waals surface area contributed by atoms with Gasteiger partial charge >= 0.3 is 0 Å². The van der Waals surface area contributed by atoms with Crippen LogP contribution in [0.3, 0.4) is 0 Å². The number of aromatic nitrogens is 2. The zero-order valence-electron chi connectivity index (χ0n) is 17.9. The first-order chi connectivity index (χ1) is 15.1. The van der Waals surface area contributed by atoms with Crippen LogP contribution in [0.4, 0.5) is 0 Å². The molecule has 4 heteroatoms. The maximum absolute atomic E-state index is 13.7. The molecule has 4 nitrogen and oxygen atoms in total. The molecule has 0 aliphatic carbocycles. The van der Waals surface area contributed by atoms with Crippen molar-refractivity contribution in [2.24, 2.45) is 0 Å². The molecular formula is C27H25N3O. The molecule has 1 aromatic heterocycles. The first-order valence-electron chi connectivity index (χ1n) is 10.7. The van der Waals surface area contributed by atoms with E-state index < -0.39 is 0 Å². The van der Waals surface area contributed by atoms with Crippen molar-refractivity contribution in [3.05, 3.63) is 107 Å². The van der Waals surface area contributed by atoms with E-state index in [1.165, 1.54) is 16.7 Å². The second-order valence-electron chi connectivity index (χ2n) is 8.23. The van der Waals surface area contributed by atoms with E-state index in [9.17, 15) is 4.79 Å².